The number of hydrogen-bond donors (Lipinski definition) is 4. The van der Waals surface area contributed by atoms with E-state index in [1.54, 1.807) is 30.5 Å². The summed E-state index contributed by atoms with van der Waals surface area (Å²) in [6.45, 7) is 0. The van der Waals surface area contributed by atoms with Crippen molar-refractivity contribution in [2.75, 3.05) is 5.43 Å². The third-order valence-electron chi connectivity index (χ3n) is 4.09. The largest absolute Gasteiger partial charge is 0.394 e. The molecule has 3 aromatic rings. The molecule has 0 aliphatic rings. The molecule has 0 fully saturated rings. The highest BCUT2D eigenvalue weighted by molar-refractivity contribution is 9.12. The van der Waals surface area contributed by atoms with Crippen LogP contribution in [0.5, 0.6) is 0 Å². The molecule has 0 aromatic heterocycles. The fourth-order valence-corrected chi connectivity index (χ4v) is 3.31. The minimum absolute atomic E-state index is 0.301. The Balaban J connectivity index is 0.000000877. The van der Waals surface area contributed by atoms with Crippen LogP contribution in [0.3, 0.4) is 0 Å². The molecule has 192 valence electrons. The highest BCUT2D eigenvalue weighted by atomic mass is 79.9. The Hall–Kier alpha value is -3.42. The van der Waals surface area contributed by atoms with Crippen LogP contribution in [0.25, 0.3) is 12.2 Å². The maximum Gasteiger partial charge on any atom is 0.394 e. The topological polar surface area (TPSA) is 140 Å². The summed E-state index contributed by atoms with van der Waals surface area (Å²) in [5, 5.41) is 8.17. The predicted octanol–water partition coefficient (Wildman–Crippen LogP) is 6.02. The number of amides is 1. The van der Waals surface area contributed by atoms with E-state index < -0.39 is 10.4 Å². The molecule has 0 radical (unpaired) electrons. The van der Waals surface area contributed by atoms with Crippen molar-refractivity contribution in [3.63, 3.8) is 0 Å². The molecule has 12 heteroatoms. The molecule has 0 saturated carbocycles. The number of nitrogens with one attached hydrogen (secondary N) is 2. The first-order chi connectivity index (χ1) is 17.6. The smallest absolute Gasteiger partial charge is 0.278 e. The van der Waals surface area contributed by atoms with E-state index in [1.807, 2.05) is 72.8 Å². The number of benzene rings is 3. The van der Waals surface area contributed by atoms with Crippen LogP contribution in [-0.4, -0.2) is 35.9 Å². The second-order valence-electron chi connectivity index (χ2n) is 6.97. The fraction of sp³-hybridized carbons (Fsp3) is 0. The van der Waals surface area contributed by atoms with Crippen LogP contribution in [0.2, 0.25) is 0 Å². The lowest BCUT2D eigenvalue weighted by atomic mass is 10.2. The van der Waals surface area contributed by atoms with Gasteiger partial charge in [-0.15, -0.1) is 0 Å². The van der Waals surface area contributed by atoms with E-state index in [0.29, 0.717) is 5.56 Å². The molecule has 1 amide bonds. The molecule has 37 heavy (non-hydrogen) atoms. The van der Waals surface area contributed by atoms with Crippen LogP contribution in [0.4, 0.5) is 5.69 Å². The molecule has 0 aliphatic heterocycles. The third-order valence-corrected chi connectivity index (χ3v) is 4.96. The maximum atomic E-state index is 12.2. The zero-order valence-electron chi connectivity index (χ0n) is 19.1. The zero-order chi connectivity index (χ0) is 27.1. The monoisotopic (exact) mass is 648 g/mol. The number of halogens is 2. The number of allylic oxidation sites excluding steroid dienone is 2. The van der Waals surface area contributed by atoms with E-state index in [9.17, 15) is 4.79 Å². The number of rotatable bonds is 8. The molecule has 0 aliphatic carbocycles. The van der Waals surface area contributed by atoms with Crippen LogP contribution in [0.1, 0.15) is 21.5 Å². The zero-order valence-corrected chi connectivity index (χ0v) is 23.1. The molecule has 0 spiro atoms. The number of anilines is 1. The van der Waals surface area contributed by atoms with E-state index in [1.165, 1.54) is 6.21 Å². The summed E-state index contributed by atoms with van der Waals surface area (Å²) < 4.78 is 33.2. The molecular weight excluding hydrogens is 628 g/mol. The van der Waals surface area contributed by atoms with Crippen molar-refractivity contribution in [3.05, 3.63) is 111 Å². The fourth-order valence-electron chi connectivity index (χ4n) is 2.57. The van der Waals surface area contributed by atoms with Crippen LogP contribution < -0.4 is 10.9 Å². The molecule has 0 atom stereocenters. The Bertz CT molecular complexity index is 1370. The summed E-state index contributed by atoms with van der Waals surface area (Å²) in [4.78, 5) is 12.2. The molecule has 0 bridgehead atoms. The second-order valence-corrected chi connectivity index (χ2v) is 9.70. The standard InChI is InChI=1S/C25H20Br2N4O.H2O4S/c26-22(15-19-7-3-1-4-8-19)17-28-30-24-13-11-21(12-14-24)25(32)31-29-18-23(27)16-20-9-5-2-6-10-20;1-5(2,3)4/h1-18,30H,(H,31,32);(H2,1,2,3,4)/b22-15-,23-16+,28-17+,29-18+;. The Kier molecular flexibility index (Phi) is 12.6. The summed E-state index contributed by atoms with van der Waals surface area (Å²) >= 11 is 6.88. The van der Waals surface area contributed by atoms with Crippen molar-refractivity contribution < 1.29 is 22.3 Å². The van der Waals surface area contributed by atoms with Gasteiger partial charge in [0, 0.05) is 14.5 Å². The Labute approximate surface area is 231 Å². The highest BCUT2D eigenvalue weighted by Crippen LogP contribution is 2.13. The van der Waals surface area contributed by atoms with Gasteiger partial charge in [-0.1, -0.05) is 60.7 Å². The molecule has 3 aromatic carbocycles. The Morgan fingerprint density at radius 1 is 0.730 bits per heavy atom. The summed E-state index contributed by atoms with van der Waals surface area (Å²) in [5.41, 5.74) is 8.80. The predicted molar refractivity (Wildman–Crippen MR) is 155 cm³/mol. The minimum Gasteiger partial charge on any atom is -0.278 e. The van der Waals surface area contributed by atoms with Crippen LogP contribution >= 0.6 is 31.9 Å². The van der Waals surface area contributed by atoms with Gasteiger partial charge < -0.3 is 0 Å². The summed E-state index contributed by atoms with van der Waals surface area (Å²) in [6.07, 6.45) is 7.08. The SMILES string of the molecule is O=C(N/N=C/C(Br)=C\c1ccccc1)c1ccc(N/N=C/C(Br)=C/c2ccccc2)cc1.O=S(=O)(O)O. The lowest BCUT2D eigenvalue weighted by Crippen LogP contribution is -2.17. The average Bonchev–Trinajstić information content (AvgIpc) is 2.84. The molecule has 0 unspecified atom stereocenters. The van der Waals surface area contributed by atoms with Crippen molar-refractivity contribution in [2.45, 2.75) is 0 Å². The van der Waals surface area contributed by atoms with E-state index in [0.717, 1.165) is 25.8 Å². The van der Waals surface area contributed by atoms with Crippen molar-refractivity contribution in [2.24, 2.45) is 10.2 Å². The second kappa shape index (κ2) is 15.6. The minimum atomic E-state index is -4.67. The Morgan fingerprint density at radius 2 is 1.16 bits per heavy atom. The van der Waals surface area contributed by atoms with Gasteiger partial charge in [0.15, 0.2) is 0 Å². The normalized spacial score (nSPS) is 12.2. The molecule has 4 N–H and O–H groups in total. The van der Waals surface area contributed by atoms with Gasteiger partial charge in [-0.25, -0.2) is 5.43 Å². The van der Waals surface area contributed by atoms with Crippen LogP contribution in [0, 0.1) is 0 Å². The lowest BCUT2D eigenvalue weighted by Gasteiger charge is -2.03. The van der Waals surface area contributed by atoms with E-state index in [2.05, 4.69) is 52.9 Å². The van der Waals surface area contributed by atoms with Gasteiger partial charge in [-0.05, 0) is 79.4 Å². The van der Waals surface area contributed by atoms with Gasteiger partial charge in [0.2, 0.25) is 0 Å². The molecule has 3 rings (SSSR count). The first kappa shape index (κ1) is 29.8. The van der Waals surface area contributed by atoms with Gasteiger partial charge in [-0.2, -0.15) is 18.6 Å². The first-order valence-electron chi connectivity index (χ1n) is 10.4. The van der Waals surface area contributed by atoms with Gasteiger partial charge in [-0.3, -0.25) is 19.3 Å². The third kappa shape index (κ3) is 14.0. The van der Waals surface area contributed by atoms with Crippen LogP contribution in [0.15, 0.2) is 104 Å². The Morgan fingerprint density at radius 3 is 1.62 bits per heavy atom. The van der Waals surface area contributed by atoms with Crippen molar-refractivity contribution in [1.82, 2.24) is 5.43 Å². The molecular formula is C25H22Br2N4O5S. The quantitative estimate of drug-likeness (QED) is 0.134. The van der Waals surface area contributed by atoms with Gasteiger partial charge >= 0.3 is 10.4 Å². The van der Waals surface area contributed by atoms with E-state index in [-0.39, 0.29) is 5.91 Å². The van der Waals surface area contributed by atoms with Gasteiger partial charge in [0.25, 0.3) is 5.91 Å². The van der Waals surface area contributed by atoms with E-state index >= 15 is 0 Å². The van der Waals surface area contributed by atoms with Crippen molar-refractivity contribution >= 4 is 78.4 Å². The first-order valence-corrected chi connectivity index (χ1v) is 13.4. The van der Waals surface area contributed by atoms with Crippen LogP contribution in [-0.2, 0) is 10.4 Å². The number of hydrogen-bond acceptors (Lipinski definition) is 6. The maximum absolute atomic E-state index is 12.2. The molecule has 0 saturated heterocycles. The average molecular weight is 650 g/mol. The molecule has 0 heterocycles. The molecule has 9 nitrogen and oxygen atoms in total. The lowest BCUT2D eigenvalue weighted by molar-refractivity contribution is 0.0955. The number of carbonyl (C=O) groups excluding carboxylic acids is 1. The highest BCUT2D eigenvalue weighted by Gasteiger charge is 2.03. The van der Waals surface area contributed by atoms with E-state index in [4.69, 9.17) is 17.5 Å². The van der Waals surface area contributed by atoms with Crippen molar-refractivity contribution in [3.8, 4) is 0 Å². The van der Waals surface area contributed by atoms with Crippen molar-refractivity contribution in [1.29, 1.82) is 0 Å². The number of carbonyl (C=O) groups is 1. The summed E-state index contributed by atoms with van der Waals surface area (Å²) in [6, 6.07) is 26.7. The van der Waals surface area contributed by atoms with Gasteiger partial charge in [0.1, 0.15) is 0 Å². The number of hydrazone groups is 2. The summed E-state index contributed by atoms with van der Waals surface area (Å²) in [5.74, 6) is -0.301. The summed E-state index contributed by atoms with van der Waals surface area (Å²) in [7, 11) is -4.67. The number of nitrogens with zero attached hydrogens (tertiary/aromatic N) is 2. The van der Waals surface area contributed by atoms with Gasteiger partial charge in [0.05, 0.1) is 18.1 Å².